The Balaban J connectivity index is 1.91. The number of nitrogens with one attached hydrogen (secondary N) is 1. The van der Waals surface area contributed by atoms with Crippen LogP contribution in [0.5, 0.6) is 0 Å². The Kier molecular flexibility index (Phi) is 6.31. The zero-order chi connectivity index (χ0) is 14.4. The minimum absolute atomic E-state index is 0.411. The molecule has 0 amide bonds. The first-order chi connectivity index (χ1) is 9.68. The topological polar surface area (TPSA) is 24.5 Å². The molecule has 2 fully saturated rings. The molecule has 0 spiro atoms. The summed E-state index contributed by atoms with van der Waals surface area (Å²) >= 11 is 0. The van der Waals surface area contributed by atoms with Crippen molar-refractivity contribution in [1.29, 1.82) is 0 Å². The Morgan fingerprint density at radius 3 is 2.85 bits per heavy atom. The summed E-state index contributed by atoms with van der Waals surface area (Å²) in [6.45, 7) is 12.6. The van der Waals surface area contributed by atoms with Crippen LogP contribution in [0.2, 0.25) is 0 Å². The lowest BCUT2D eigenvalue weighted by Gasteiger charge is -2.43. The molecule has 0 radical (unpaired) electrons. The van der Waals surface area contributed by atoms with Crippen LogP contribution in [0.25, 0.3) is 0 Å². The number of rotatable bonds is 8. The molecular formula is C17H34N2O. The molecule has 0 aromatic carbocycles. The number of fused-ring (bicyclic) bond motifs is 1. The van der Waals surface area contributed by atoms with Crippen LogP contribution in [0, 0.1) is 5.41 Å². The zero-order valence-corrected chi connectivity index (χ0v) is 13.8. The summed E-state index contributed by atoms with van der Waals surface area (Å²) in [5.41, 5.74) is 0.411. The molecule has 20 heavy (non-hydrogen) atoms. The van der Waals surface area contributed by atoms with E-state index in [4.69, 9.17) is 4.74 Å². The van der Waals surface area contributed by atoms with E-state index < -0.39 is 0 Å². The fourth-order valence-corrected chi connectivity index (χ4v) is 4.09. The molecule has 2 aliphatic rings. The van der Waals surface area contributed by atoms with E-state index in [1.807, 2.05) is 0 Å². The maximum Gasteiger partial charge on any atom is 0.0730 e. The highest BCUT2D eigenvalue weighted by atomic mass is 16.5. The molecule has 0 bridgehead atoms. The van der Waals surface area contributed by atoms with Crippen molar-refractivity contribution in [3.63, 3.8) is 0 Å². The van der Waals surface area contributed by atoms with E-state index in [0.29, 0.717) is 17.6 Å². The van der Waals surface area contributed by atoms with Crippen LogP contribution >= 0.6 is 0 Å². The van der Waals surface area contributed by atoms with Gasteiger partial charge in [0.2, 0.25) is 0 Å². The van der Waals surface area contributed by atoms with Crippen LogP contribution < -0.4 is 5.32 Å². The summed E-state index contributed by atoms with van der Waals surface area (Å²) in [5, 5.41) is 3.65. The molecular weight excluding hydrogens is 248 g/mol. The monoisotopic (exact) mass is 282 g/mol. The lowest BCUT2D eigenvalue weighted by atomic mass is 9.84. The van der Waals surface area contributed by atoms with E-state index in [1.165, 1.54) is 45.1 Å². The van der Waals surface area contributed by atoms with Crippen LogP contribution in [0.3, 0.4) is 0 Å². The lowest BCUT2D eigenvalue weighted by molar-refractivity contribution is -0.0679. The minimum atomic E-state index is 0.411. The molecule has 0 aromatic rings. The summed E-state index contributed by atoms with van der Waals surface area (Å²) in [7, 11) is 0. The predicted molar refractivity (Wildman–Crippen MR) is 85.1 cm³/mol. The van der Waals surface area contributed by atoms with E-state index in [2.05, 4.69) is 31.0 Å². The second-order valence-corrected chi connectivity index (χ2v) is 7.12. The van der Waals surface area contributed by atoms with Crippen LogP contribution in [-0.4, -0.2) is 49.8 Å². The van der Waals surface area contributed by atoms with Crippen LogP contribution in [0.4, 0.5) is 0 Å². The molecule has 0 aromatic heterocycles. The fourth-order valence-electron chi connectivity index (χ4n) is 4.09. The number of ether oxygens (including phenoxy) is 1. The van der Waals surface area contributed by atoms with E-state index >= 15 is 0 Å². The van der Waals surface area contributed by atoms with Gasteiger partial charge in [-0.15, -0.1) is 0 Å². The van der Waals surface area contributed by atoms with Crippen molar-refractivity contribution < 1.29 is 4.74 Å². The molecule has 1 saturated carbocycles. The summed E-state index contributed by atoms with van der Waals surface area (Å²) in [5.74, 6) is 0. The summed E-state index contributed by atoms with van der Waals surface area (Å²) in [6, 6.07) is 0.700. The van der Waals surface area contributed by atoms with Gasteiger partial charge in [0.25, 0.3) is 0 Å². The van der Waals surface area contributed by atoms with Crippen LogP contribution in [0.15, 0.2) is 0 Å². The van der Waals surface area contributed by atoms with Gasteiger partial charge in [0.05, 0.1) is 12.7 Å². The minimum Gasteiger partial charge on any atom is -0.375 e. The fraction of sp³-hybridized carbons (Fsp3) is 1.00. The van der Waals surface area contributed by atoms with Gasteiger partial charge >= 0.3 is 0 Å². The van der Waals surface area contributed by atoms with Crippen molar-refractivity contribution in [1.82, 2.24) is 10.2 Å². The van der Waals surface area contributed by atoms with E-state index in [-0.39, 0.29) is 0 Å². The maximum atomic E-state index is 5.95. The SMILES string of the molecule is CCCNCC(C)(CCC)CN1CCOC2CCCC21. The summed E-state index contributed by atoms with van der Waals surface area (Å²) < 4.78 is 5.95. The van der Waals surface area contributed by atoms with Crippen LogP contribution in [0.1, 0.15) is 59.3 Å². The first-order valence-electron chi connectivity index (χ1n) is 8.75. The first kappa shape index (κ1) is 16.3. The van der Waals surface area contributed by atoms with E-state index in [9.17, 15) is 0 Å². The van der Waals surface area contributed by atoms with E-state index in [0.717, 1.165) is 26.2 Å². The number of morpholine rings is 1. The van der Waals surface area contributed by atoms with Crippen molar-refractivity contribution >= 4 is 0 Å². The third-order valence-corrected chi connectivity index (χ3v) is 5.01. The van der Waals surface area contributed by atoms with Crippen molar-refractivity contribution in [2.45, 2.75) is 71.4 Å². The second kappa shape index (κ2) is 7.77. The predicted octanol–water partition coefficient (Wildman–Crippen LogP) is 3.05. The molecule has 1 heterocycles. The molecule has 3 unspecified atom stereocenters. The first-order valence-corrected chi connectivity index (χ1v) is 8.75. The molecule has 3 atom stereocenters. The molecule has 3 nitrogen and oxygen atoms in total. The second-order valence-electron chi connectivity index (χ2n) is 7.12. The Hall–Kier alpha value is -0.120. The highest BCUT2D eigenvalue weighted by molar-refractivity contribution is 4.92. The Bertz CT molecular complexity index is 284. The number of hydrogen-bond donors (Lipinski definition) is 1. The Labute approximate surface area is 125 Å². The molecule has 2 rings (SSSR count). The Morgan fingerprint density at radius 2 is 2.10 bits per heavy atom. The average molecular weight is 282 g/mol. The highest BCUT2D eigenvalue weighted by Crippen LogP contribution is 2.33. The van der Waals surface area contributed by atoms with Crippen molar-refractivity contribution in [2.75, 3.05) is 32.8 Å². The summed E-state index contributed by atoms with van der Waals surface area (Å²) in [6.07, 6.45) is 8.32. The standard InChI is InChI=1S/C17H34N2O/c1-4-9-17(3,13-18-10-5-2)14-19-11-12-20-16-8-6-7-15(16)19/h15-16,18H,4-14H2,1-3H3. The van der Waals surface area contributed by atoms with Crippen molar-refractivity contribution in [2.24, 2.45) is 5.41 Å². The van der Waals surface area contributed by atoms with Gasteiger partial charge in [0.1, 0.15) is 0 Å². The molecule has 1 saturated heterocycles. The van der Waals surface area contributed by atoms with Gasteiger partial charge in [-0.05, 0) is 44.1 Å². The third kappa shape index (κ3) is 4.19. The smallest absolute Gasteiger partial charge is 0.0730 e. The summed E-state index contributed by atoms with van der Waals surface area (Å²) in [4.78, 5) is 2.74. The van der Waals surface area contributed by atoms with Gasteiger partial charge in [-0.3, -0.25) is 4.90 Å². The van der Waals surface area contributed by atoms with Gasteiger partial charge < -0.3 is 10.1 Å². The highest BCUT2D eigenvalue weighted by Gasteiger charge is 2.38. The van der Waals surface area contributed by atoms with Gasteiger partial charge in [-0.2, -0.15) is 0 Å². The maximum absolute atomic E-state index is 5.95. The van der Waals surface area contributed by atoms with Gasteiger partial charge in [-0.25, -0.2) is 0 Å². The quantitative estimate of drug-likeness (QED) is 0.693. The van der Waals surface area contributed by atoms with Crippen molar-refractivity contribution in [3.05, 3.63) is 0 Å². The largest absolute Gasteiger partial charge is 0.375 e. The molecule has 118 valence electrons. The number of nitrogens with zero attached hydrogens (tertiary/aromatic N) is 1. The average Bonchev–Trinajstić information content (AvgIpc) is 2.89. The Morgan fingerprint density at radius 1 is 1.25 bits per heavy atom. The van der Waals surface area contributed by atoms with Gasteiger partial charge in [0.15, 0.2) is 0 Å². The normalized spacial score (nSPS) is 30.1. The third-order valence-electron chi connectivity index (χ3n) is 5.01. The lowest BCUT2D eigenvalue weighted by Crippen LogP contribution is -2.53. The zero-order valence-electron chi connectivity index (χ0n) is 13.8. The number of hydrogen-bond acceptors (Lipinski definition) is 3. The van der Waals surface area contributed by atoms with Gasteiger partial charge in [-0.1, -0.05) is 27.2 Å². The molecule has 3 heteroatoms. The molecule has 1 aliphatic heterocycles. The van der Waals surface area contributed by atoms with E-state index in [1.54, 1.807) is 0 Å². The molecule has 1 N–H and O–H groups in total. The molecule has 1 aliphatic carbocycles. The van der Waals surface area contributed by atoms with Crippen molar-refractivity contribution in [3.8, 4) is 0 Å². The van der Waals surface area contributed by atoms with Crippen LogP contribution in [-0.2, 0) is 4.74 Å². The van der Waals surface area contributed by atoms with Gasteiger partial charge in [0, 0.05) is 25.7 Å².